The molecule has 0 aromatic heterocycles. The maximum atomic E-state index is 11.2. The molecular formula is C19H22OS. The molecule has 3 rings (SSSR count). The predicted molar refractivity (Wildman–Crippen MR) is 91.5 cm³/mol. The van der Waals surface area contributed by atoms with Crippen LogP contribution in [0.4, 0.5) is 0 Å². The summed E-state index contributed by atoms with van der Waals surface area (Å²) >= 11 is 1.85. The molecule has 1 heterocycles. The Morgan fingerprint density at radius 1 is 0.905 bits per heavy atom. The van der Waals surface area contributed by atoms with Crippen molar-refractivity contribution in [3.05, 3.63) is 60.2 Å². The summed E-state index contributed by atoms with van der Waals surface area (Å²) in [5.41, 5.74) is 2.65. The zero-order chi connectivity index (χ0) is 14.9. The summed E-state index contributed by atoms with van der Waals surface area (Å²) in [6.07, 6.45) is 1.05. The molecule has 1 atom stereocenters. The predicted octanol–water partition coefficient (Wildman–Crippen LogP) is 4.70. The molecule has 21 heavy (non-hydrogen) atoms. The molecular weight excluding hydrogens is 276 g/mol. The van der Waals surface area contributed by atoms with E-state index in [4.69, 9.17) is 0 Å². The molecule has 0 spiro atoms. The van der Waals surface area contributed by atoms with Gasteiger partial charge in [-0.3, -0.25) is 0 Å². The first-order chi connectivity index (χ1) is 10.0. The Bertz CT molecular complexity index is 603. The van der Waals surface area contributed by atoms with Crippen LogP contribution in [0, 0.1) is 5.41 Å². The molecule has 0 aliphatic carbocycles. The Morgan fingerprint density at radius 3 is 2.14 bits per heavy atom. The van der Waals surface area contributed by atoms with Gasteiger partial charge < -0.3 is 5.11 Å². The van der Waals surface area contributed by atoms with Crippen molar-refractivity contribution < 1.29 is 5.11 Å². The SMILES string of the molecule is CC1(C)CCSCC1(O)c1ccc(-c2ccccc2)cc1. The van der Waals surface area contributed by atoms with E-state index in [9.17, 15) is 5.11 Å². The zero-order valence-electron chi connectivity index (χ0n) is 12.7. The molecule has 1 unspecified atom stereocenters. The molecule has 1 saturated heterocycles. The molecule has 1 N–H and O–H groups in total. The molecule has 0 amide bonds. The van der Waals surface area contributed by atoms with E-state index in [2.05, 4.69) is 62.4 Å². The van der Waals surface area contributed by atoms with Crippen LogP contribution >= 0.6 is 11.8 Å². The highest BCUT2D eigenvalue weighted by Crippen LogP contribution is 2.48. The van der Waals surface area contributed by atoms with Crippen LogP contribution in [0.25, 0.3) is 11.1 Å². The average molecular weight is 298 g/mol. The van der Waals surface area contributed by atoms with Gasteiger partial charge in [-0.2, -0.15) is 11.8 Å². The van der Waals surface area contributed by atoms with E-state index >= 15 is 0 Å². The van der Waals surface area contributed by atoms with Crippen molar-refractivity contribution in [1.82, 2.24) is 0 Å². The van der Waals surface area contributed by atoms with Gasteiger partial charge in [0.05, 0.1) is 0 Å². The number of hydrogen-bond acceptors (Lipinski definition) is 2. The van der Waals surface area contributed by atoms with Crippen LogP contribution in [-0.2, 0) is 5.60 Å². The lowest BCUT2D eigenvalue weighted by atomic mass is 9.70. The van der Waals surface area contributed by atoms with Crippen molar-refractivity contribution in [3.63, 3.8) is 0 Å². The van der Waals surface area contributed by atoms with Gasteiger partial charge in [0.2, 0.25) is 0 Å². The fourth-order valence-electron chi connectivity index (χ4n) is 2.99. The van der Waals surface area contributed by atoms with E-state index in [0.717, 1.165) is 23.5 Å². The van der Waals surface area contributed by atoms with Crippen molar-refractivity contribution >= 4 is 11.8 Å². The Hall–Kier alpha value is -1.25. The second kappa shape index (κ2) is 5.51. The van der Waals surface area contributed by atoms with Crippen LogP contribution in [0.1, 0.15) is 25.8 Å². The zero-order valence-corrected chi connectivity index (χ0v) is 13.5. The second-order valence-electron chi connectivity index (χ2n) is 6.49. The molecule has 0 bridgehead atoms. The standard InChI is InChI=1S/C19H22OS/c1-18(2)12-13-21-14-19(18,20)17-10-8-16(9-11-17)15-6-4-3-5-7-15/h3-11,20H,12-14H2,1-2H3. The van der Waals surface area contributed by atoms with Gasteiger partial charge in [-0.25, -0.2) is 0 Å². The monoisotopic (exact) mass is 298 g/mol. The van der Waals surface area contributed by atoms with Gasteiger partial charge in [0.15, 0.2) is 0 Å². The van der Waals surface area contributed by atoms with Gasteiger partial charge in [0.1, 0.15) is 5.60 Å². The normalized spacial score (nSPS) is 24.7. The van der Waals surface area contributed by atoms with E-state index in [1.807, 2.05) is 17.8 Å². The summed E-state index contributed by atoms with van der Waals surface area (Å²) < 4.78 is 0. The lowest BCUT2D eigenvalue weighted by Crippen LogP contribution is -2.47. The van der Waals surface area contributed by atoms with Crippen LogP contribution in [0.15, 0.2) is 54.6 Å². The summed E-state index contributed by atoms with van der Waals surface area (Å²) in [4.78, 5) is 0. The van der Waals surface area contributed by atoms with Crippen LogP contribution in [0.3, 0.4) is 0 Å². The molecule has 2 aromatic rings. The van der Waals surface area contributed by atoms with Gasteiger partial charge in [-0.15, -0.1) is 0 Å². The Kier molecular flexibility index (Phi) is 3.85. The van der Waals surface area contributed by atoms with E-state index in [0.29, 0.717) is 0 Å². The van der Waals surface area contributed by atoms with E-state index in [1.54, 1.807) is 0 Å². The van der Waals surface area contributed by atoms with E-state index in [1.165, 1.54) is 11.1 Å². The maximum absolute atomic E-state index is 11.2. The lowest BCUT2D eigenvalue weighted by molar-refractivity contribution is -0.0578. The number of thioether (sulfide) groups is 1. The highest BCUT2D eigenvalue weighted by Gasteiger charge is 2.46. The Balaban J connectivity index is 1.94. The van der Waals surface area contributed by atoms with Gasteiger partial charge >= 0.3 is 0 Å². The fraction of sp³-hybridized carbons (Fsp3) is 0.368. The summed E-state index contributed by atoms with van der Waals surface area (Å²) in [5, 5.41) is 11.2. The summed E-state index contributed by atoms with van der Waals surface area (Å²) in [7, 11) is 0. The number of rotatable bonds is 2. The van der Waals surface area contributed by atoms with Crippen LogP contribution in [0.5, 0.6) is 0 Å². The first-order valence-corrected chi connectivity index (χ1v) is 8.64. The highest BCUT2D eigenvalue weighted by molar-refractivity contribution is 7.99. The minimum atomic E-state index is -0.731. The van der Waals surface area contributed by atoms with Gasteiger partial charge in [-0.1, -0.05) is 68.4 Å². The molecule has 1 aliphatic rings. The Morgan fingerprint density at radius 2 is 1.52 bits per heavy atom. The van der Waals surface area contributed by atoms with Crippen LogP contribution in [0.2, 0.25) is 0 Å². The third-order valence-corrected chi connectivity index (χ3v) is 5.89. The Labute approximate surface area is 131 Å². The topological polar surface area (TPSA) is 20.2 Å². The van der Waals surface area contributed by atoms with Crippen molar-refractivity contribution in [2.24, 2.45) is 5.41 Å². The molecule has 1 fully saturated rings. The molecule has 1 aliphatic heterocycles. The average Bonchev–Trinajstić information content (AvgIpc) is 2.51. The number of aliphatic hydroxyl groups is 1. The number of hydrogen-bond donors (Lipinski definition) is 1. The second-order valence-corrected chi connectivity index (χ2v) is 7.60. The minimum Gasteiger partial charge on any atom is -0.384 e. The third kappa shape index (κ3) is 2.63. The van der Waals surface area contributed by atoms with E-state index < -0.39 is 5.60 Å². The molecule has 2 heteroatoms. The van der Waals surface area contributed by atoms with Gasteiger partial charge in [0, 0.05) is 5.75 Å². The van der Waals surface area contributed by atoms with Crippen LogP contribution in [-0.4, -0.2) is 16.6 Å². The first-order valence-electron chi connectivity index (χ1n) is 7.49. The molecule has 2 aromatic carbocycles. The van der Waals surface area contributed by atoms with Crippen molar-refractivity contribution in [2.45, 2.75) is 25.9 Å². The maximum Gasteiger partial charge on any atom is 0.104 e. The van der Waals surface area contributed by atoms with Gasteiger partial charge in [-0.05, 0) is 34.3 Å². The third-order valence-electron chi connectivity index (χ3n) is 4.77. The van der Waals surface area contributed by atoms with Crippen LogP contribution < -0.4 is 0 Å². The fourth-order valence-corrected chi connectivity index (χ4v) is 4.64. The van der Waals surface area contributed by atoms with Crippen molar-refractivity contribution in [2.75, 3.05) is 11.5 Å². The van der Waals surface area contributed by atoms with Crippen molar-refractivity contribution in [3.8, 4) is 11.1 Å². The summed E-state index contributed by atoms with van der Waals surface area (Å²) in [6, 6.07) is 18.8. The largest absolute Gasteiger partial charge is 0.384 e. The first kappa shape index (κ1) is 14.7. The highest BCUT2D eigenvalue weighted by atomic mass is 32.2. The molecule has 0 saturated carbocycles. The summed E-state index contributed by atoms with van der Waals surface area (Å²) in [6.45, 7) is 4.36. The molecule has 110 valence electrons. The molecule has 0 radical (unpaired) electrons. The summed E-state index contributed by atoms with van der Waals surface area (Å²) in [5.74, 6) is 1.92. The lowest BCUT2D eigenvalue weighted by Gasteiger charge is -2.46. The molecule has 1 nitrogen and oxygen atoms in total. The quantitative estimate of drug-likeness (QED) is 0.867. The van der Waals surface area contributed by atoms with Crippen molar-refractivity contribution in [1.29, 1.82) is 0 Å². The smallest absolute Gasteiger partial charge is 0.104 e. The van der Waals surface area contributed by atoms with E-state index in [-0.39, 0.29) is 5.41 Å². The minimum absolute atomic E-state index is 0.0769. The van der Waals surface area contributed by atoms with Gasteiger partial charge in [0.25, 0.3) is 0 Å². The number of benzene rings is 2.